The number of ether oxygens (including phenoxy) is 1. The minimum Gasteiger partial charge on any atom is -0.426 e. The van der Waals surface area contributed by atoms with E-state index in [1.54, 1.807) is 0 Å². The number of unbranched alkanes of at least 4 members (excludes halogenated alkanes) is 20. The monoisotopic (exact) mass is 564 g/mol. The zero-order valence-corrected chi connectivity index (χ0v) is 27.3. The number of hydrogen-bond acceptors (Lipinski definition) is 2. The van der Waals surface area contributed by atoms with E-state index >= 15 is 0 Å². The second kappa shape index (κ2) is 22.7. The van der Waals surface area contributed by atoms with Gasteiger partial charge in [0.25, 0.3) is 0 Å². The number of fused-ring (bicyclic) bond motifs is 1. The third-order valence-electron chi connectivity index (χ3n) is 9.09. The molecule has 2 aromatic carbocycles. The number of rotatable bonds is 26. The number of hydrogen-bond donors (Lipinski definition) is 0. The molecule has 0 aliphatic rings. The van der Waals surface area contributed by atoms with E-state index in [-0.39, 0.29) is 5.97 Å². The van der Waals surface area contributed by atoms with Gasteiger partial charge in [-0.3, -0.25) is 4.79 Å². The molecule has 2 aromatic rings. The van der Waals surface area contributed by atoms with Crippen molar-refractivity contribution in [1.82, 2.24) is 0 Å². The van der Waals surface area contributed by atoms with Crippen LogP contribution < -0.4 is 4.74 Å². The summed E-state index contributed by atoms with van der Waals surface area (Å²) in [6, 6.07) is 14.3. The van der Waals surface area contributed by atoms with Gasteiger partial charge in [0.1, 0.15) is 5.75 Å². The van der Waals surface area contributed by atoms with Gasteiger partial charge in [0.2, 0.25) is 0 Å². The molecule has 41 heavy (non-hydrogen) atoms. The van der Waals surface area contributed by atoms with Crippen molar-refractivity contribution >= 4 is 16.7 Å². The fraction of sp³-hybridized carbons (Fsp3) is 0.718. The molecule has 0 bridgehead atoms. The van der Waals surface area contributed by atoms with E-state index in [2.05, 4.69) is 39.0 Å². The highest BCUT2D eigenvalue weighted by molar-refractivity contribution is 5.85. The van der Waals surface area contributed by atoms with Crippen LogP contribution in [0, 0.1) is 5.41 Å². The highest BCUT2D eigenvalue weighted by atomic mass is 16.5. The van der Waals surface area contributed by atoms with E-state index < -0.39 is 5.41 Å². The largest absolute Gasteiger partial charge is 0.426 e. The van der Waals surface area contributed by atoms with Crippen LogP contribution in [-0.2, 0) is 4.79 Å². The predicted octanol–water partition coefficient (Wildman–Crippen LogP) is 13.2. The van der Waals surface area contributed by atoms with Crippen LogP contribution >= 0.6 is 0 Å². The van der Waals surface area contributed by atoms with Crippen molar-refractivity contribution in [2.45, 2.75) is 175 Å². The first-order valence-electron chi connectivity index (χ1n) is 17.8. The normalized spacial score (nSPS) is 13.0. The summed E-state index contributed by atoms with van der Waals surface area (Å²) < 4.78 is 6.05. The van der Waals surface area contributed by atoms with Crippen LogP contribution in [-0.4, -0.2) is 5.97 Å². The molecule has 1 unspecified atom stereocenters. The second-order valence-corrected chi connectivity index (χ2v) is 13.0. The van der Waals surface area contributed by atoms with Crippen LogP contribution in [0.25, 0.3) is 10.8 Å². The molecule has 0 saturated heterocycles. The van der Waals surface area contributed by atoms with E-state index in [1.165, 1.54) is 134 Å². The Balaban J connectivity index is 1.75. The van der Waals surface area contributed by atoms with Crippen LogP contribution in [0.3, 0.4) is 0 Å². The predicted molar refractivity (Wildman–Crippen MR) is 180 cm³/mol. The van der Waals surface area contributed by atoms with E-state index in [1.807, 2.05) is 24.3 Å². The summed E-state index contributed by atoms with van der Waals surface area (Å²) in [5, 5.41) is 2.30. The van der Waals surface area contributed by atoms with Gasteiger partial charge in [-0.2, -0.15) is 0 Å². The van der Waals surface area contributed by atoms with Crippen LogP contribution in [0.15, 0.2) is 42.5 Å². The van der Waals surface area contributed by atoms with Crippen LogP contribution in [0.5, 0.6) is 5.75 Å². The van der Waals surface area contributed by atoms with Gasteiger partial charge in [0.15, 0.2) is 0 Å². The van der Waals surface area contributed by atoms with Crippen LogP contribution in [0.4, 0.5) is 0 Å². The van der Waals surface area contributed by atoms with Gasteiger partial charge in [-0.25, -0.2) is 0 Å². The average Bonchev–Trinajstić information content (AvgIpc) is 2.98. The van der Waals surface area contributed by atoms with Crippen molar-refractivity contribution in [2.75, 3.05) is 0 Å². The van der Waals surface area contributed by atoms with Gasteiger partial charge >= 0.3 is 5.97 Å². The van der Waals surface area contributed by atoms with Gasteiger partial charge in [-0.1, -0.05) is 185 Å². The number of carbonyl (C=O) groups excluding carboxylic acids is 1. The smallest absolute Gasteiger partial charge is 0.317 e. The SMILES string of the molecule is CCCCCCCCCCCCCCC(C)(CCCCCCCCCCCC)C(=O)Oc1ccc2ccccc2c1. The van der Waals surface area contributed by atoms with Crippen molar-refractivity contribution in [2.24, 2.45) is 5.41 Å². The Labute approximate surface area is 254 Å². The maximum absolute atomic E-state index is 13.6. The molecule has 232 valence electrons. The molecule has 0 amide bonds. The Hall–Kier alpha value is -1.83. The summed E-state index contributed by atoms with van der Waals surface area (Å²) in [5.74, 6) is 0.643. The highest BCUT2D eigenvalue weighted by Gasteiger charge is 2.34. The molecule has 0 radical (unpaired) electrons. The van der Waals surface area contributed by atoms with E-state index in [4.69, 9.17) is 4.74 Å². The average molecular weight is 565 g/mol. The molecule has 0 aliphatic carbocycles. The number of benzene rings is 2. The molecule has 0 aromatic heterocycles. The molecule has 0 fully saturated rings. The van der Waals surface area contributed by atoms with Crippen molar-refractivity contribution < 1.29 is 9.53 Å². The molecule has 1 atom stereocenters. The minimum atomic E-state index is -0.399. The summed E-state index contributed by atoms with van der Waals surface area (Å²) in [5.41, 5.74) is -0.399. The van der Waals surface area contributed by atoms with Gasteiger partial charge in [0, 0.05) is 0 Å². The summed E-state index contributed by atoms with van der Waals surface area (Å²) in [4.78, 5) is 13.6. The molecule has 2 rings (SSSR count). The van der Waals surface area contributed by atoms with Crippen LogP contribution in [0.1, 0.15) is 175 Å². The highest BCUT2D eigenvalue weighted by Crippen LogP contribution is 2.34. The van der Waals surface area contributed by atoms with E-state index in [0.29, 0.717) is 5.75 Å². The minimum absolute atomic E-state index is 0.0354. The molecule has 2 nitrogen and oxygen atoms in total. The standard InChI is InChI=1S/C39H64O2/c1-4-6-8-10-12-14-16-17-19-21-23-27-33-39(3,32-26-22-20-18-15-13-11-9-7-5-2)38(40)41-37-31-30-35-28-24-25-29-36(35)34-37/h24-25,28-31,34H,4-23,26-27,32-33H2,1-3H3. The van der Waals surface area contributed by atoms with E-state index in [0.717, 1.165) is 31.1 Å². The Morgan fingerprint density at radius 3 is 1.37 bits per heavy atom. The summed E-state index contributed by atoms with van der Waals surface area (Å²) in [6.07, 6.45) is 31.2. The molecule has 0 N–H and O–H groups in total. The zero-order chi connectivity index (χ0) is 29.4. The lowest BCUT2D eigenvalue weighted by Crippen LogP contribution is -2.32. The quantitative estimate of drug-likeness (QED) is 0.0645. The second-order valence-electron chi connectivity index (χ2n) is 13.0. The summed E-state index contributed by atoms with van der Waals surface area (Å²) in [7, 11) is 0. The lowest BCUT2D eigenvalue weighted by atomic mass is 9.79. The molecular weight excluding hydrogens is 500 g/mol. The zero-order valence-electron chi connectivity index (χ0n) is 27.3. The van der Waals surface area contributed by atoms with Gasteiger partial charge in [-0.15, -0.1) is 0 Å². The van der Waals surface area contributed by atoms with Gasteiger partial charge < -0.3 is 4.74 Å². The lowest BCUT2D eigenvalue weighted by molar-refractivity contribution is -0.146. The van der Waals surface area contributed by atoms with Gasteiger partial charge in [0.05, 0.1) is 5.41 Å². The Morgan fingerprint density at radius 1 is 0.537 bits per heavy atom. The first-order chi connectivity index (χ1) is 20.1. The lowest BCUT2D eigenvalue weighted by Gasteiger charge is -2.27. The van der Waals surface area contributed by atoms with Crippen molar-refractivity contribution in [3.8, 4) is 5.75 Å². The fourth-order valence-corrected chi connectivity index (χ4v) is 6.15. The molecule has 0 heterocycles. The number of esters is 1. The molecule has 0 aliphatic heterocycles. The third kappa shape index (κ3) is 15.8. The van der Waals surface area contributed by atoms with E-state index in [9.17, 15) is 4.79 Å². The first kappa shape index (κ1) is 35.4. The Kier molecular flexibility index (Phi) is 19.6. The molecule has 2 heteroatoms. The van der Waals surface area contributed by atoms with Crippen LogP contribution in [0.2, 0.25) is 0 Å². The van der Waals surface area contributed by atoms with Crippen molar-refractivity contribution in [1.29, 1.82) is 0 Å². The fourth-order valence-electron chi connectivity index (χ4n) is 6.15. The molecular formula is C39H64O2. The van der Waals surface area contributed by atoms with Crippen molar-refractivity contribution in [3.05, 3.63) is 42.5 Å². The molecule has 0 spiro atoms. The number of carbonyl (C=O) groups is 1. The summed E-state index contributed by atoms with van der Waals surface area (Å²) in [6.45, 7) is 6.74. The summed E-state index contributed by atoms with van der Waals surface area (Å²) >= 11 is 0. The molecule has 0 saturated carbocycles. The topological polar surface area (TPSA) is 26.3 Å². The maximum atomic E-state index is 13.6. The van der Waals surface area contributed by atoms with Crippen molar-refractivity contribution in [3.63, 3.8) is 0 Å². The third-order valence-corrected chi connectivity index (χ3v) is 9.09. The Morgan fingerprint density at radius 2 is 0.927 bits per heavy atom. The first-order valence-corrected chi connectivity index (χ1v) is 17.8. The maximum Gasteiger partial charge on any atom is 0.317 e. The van der Waals surface area contributed by atoms with Gasteiger partial charge in [-0.05, 0) is 42.7 Å². The Bertz CT molecular complexity index is 919.